The van der Waals surface area contributed by atoms with Crippen LogP contribution in [-0.2, 0) is 0 Å². The van der Waals surface area contributed by atoms with E-state index in [1.54, 1.807) is 6.07 Å². The summed E-state index contributed by atoms with van der Waals surface area (Å²) in [4.78, 5) is 20.9. The summed E-state index contributed by atoms with van der Waals surface area (Å²) in [7, 11) is 0. The molecule has 0 unspecified atom stereocenters. The van der Waals surface area contributed by atoms with Gasteiger partial charge in [0, 0.05) is 23.4 Å². The first-order chi connectivity index (χ1) is 14.3. The molecule has 0 aliphatic carbocycles. The Kier molecular flexibility index (Phi) is 5.44. The highest BCUT2D eigenvalue weighted by atomic mass is 19.1. The molecule has 0 radical (unpaired) electrons. The van der Waals surface area contributed by atoms with Crippen molar-refractivity contribution in [2.45, 2.75) is 0 Å². The number of hydrogen-bond donors (Lipinski definition) is 2. The van der Waals surface area contributed by atoms with E-state index in [4.69, 9.17) is 11.5 Å². The lowest BCUT2D eigenvalue weighted by molar-refractivity contribution is -0.394. The minimum atomic E-state index is -0.778. The number of nitrogens with two attached hydrogens (primary N) is 2. The van der Waals surface area contributed by atoms with E-state index in [1.807, 2.05) is 0 Å². The van der Waals surface area contributed by atoms with Gasteiger partial charge in [0.25, 0.3) is 5.69 Å². The predicted octanol–water partition coefficient (Wildman–Crippen LogP) is 2.10. The Morgan fingerprint density at radius 1 is 1.13 bits per heavy atom. The van der Waals surface area contributed by atoms with Crippen molar-refractivity contribution in [2.75, 3.05) is 0 Å². The van der Waals surface area contributed by atoms with E-state index in [0.717, 1.165) is 16.8 Å². The first kappa shape index (κ1) is 20.1. The zero-order valence-electron chi connectivity index (χ0n) is 15.0. The average molecular weight is 412 g/mol. The van der Waals surface area contributed by atoms with Gasteiger partial charge < -0.3 is 11.5 Å². The zero-order valence-corrected chi connectivity index (χ0v) is 15.0. The van der Waals surface area contributed by atoms with Crippen molar-refractivity contribution >= 4 is 23.5 Å². The Hall–Kier alpha value is -4.68. The van der Waals surface area contributed by atoms with Gasteiger partial charge in [0.05, 0.1) is 22.1 Å². The zero-order chi connectivity index (χ0) is 21.8. The topological polar surface area (TPSA) is 181 Å². The van der Waals surface area contributed by atoms with Gasteiger partial charge in [-0.1, -0.05) is 12.1 Å². The highest BCUT2D eigenvalue weighted by Gasteiger charge is 2.23. The molecule has 0 aliphatic rings. The number of halogens is 1. The summed E-state index contributed by atoms with van der Waals surface area (Å²) >= 11 is 0. The van der Waals surface area contributed by atoms with Crippen molar-refractivity contribution in [1.82, 2.24) is 9.78 Å². The van der Waals surface area contributed by atoms with Crippen LogP contribution in [0.15, 0.2) is 58.9 Å². The van der Waals surface area contributed by atoms with Crippen molar-refractivity contribution in [3.63, 3.8) is 0 Å². The van der Waals surface area contributed by atoms with Crippen molar-refractivity contribution in [3.8, 4) is 16.9 Å². The van der Waals surface area contributed by atoms with Gasteiger partial charge in [0.15, 0.2) is 0 Å². The van der Waals surface area contributed by atoms with Crippen molar-refractivity contribution < 1.29 is 14.2 Å². The maximum atomic E-state index is 14.3. The second kappa shape index (κ2) is 8.14. The lowest BCUT2D eigenvalue weighted by Crippen LogP contribution is -2.21. The summed E-state index contributed by atoms with van der Waals surface area (Å²) in [5.41, 5.74) is 9.82. The Balaban J connectivity index is 2.21. The van der Waals surface area contributed by atoms with E-state index in [-0.39, 0.29) is 28.5 Å². The summed E-state index contributed by atoms with van der Waals surface area (Å²) in [5.74, 6) is -0.894. The molecule has 1 aromatic heterocycles. The molecule has 3 aromatic rings. The fraction of sp³-hybridized carbons (Fsp3) is 0. The number of guanidine groups is 1. The minimum absolute atomic E-state index is 0.0651. The third-order valence-corrected chi connectivity index (χ3v) is 3.85. The van der Waals surface area contributed by atoms with Crippen LogP contribution >= 0.6 is 0 Å². The molecule has 0 bridgehead atoms. The Bertz CT molecular complexity index is 1200. The Morgan fingerprint density at radius 3 is 2.50 bits per heavy atom. The van der Waals surface area contributed by atoms with Gasteiger partial charge in [-0.25, -0.2) is 9.07 Å². The van der Waals surface area contributed by atoms with Crippen molar-refractivity contribution in [3.05, 3.63) is 80.3 Å². The second-order valence-electron chi connectivity index (χ2n) is 5.81. The third kappa shape index (κ3) is 4.09. The maximum absolute atomic E-state index is 14.3. The lowest BCUT2D eigenvalue weighted by Gasteiger charge is -2.03. The molecule has 0 spiro atoms. The number of non-ortho nitro benzene ring substituents is 1. The Labute approximate surface area is 167 Å². The van der Waals surface area contributed by atoms with Gasteiger partial charge in [0.2, 0.25) is 5.96 Å². The summed E-state index contributed by atoms with van der Waals surface area (Å²) in [6, 6.07) is 8.84. The van der Waals surface area contributed by atoms with E-state index in [2.05, 4.69) is 15.3 Å². The molecule has 1 heterocycles. The summed E-state index contributed by atoms with van der Waals surface area (Å²) in [6.45, 7) is 0. The van der Waals surface area contributed by atoms with Crippen LogP contribution < -0.4 is 11.5 Å². The number of nitro benzene ring substituents is 2. The second-order valence-corrected chi connectivity index (χ2v) is 5.81. The number of aromatic nitrogens is 2. The highest BCUT2D eigenvalue weighted by Crippen LogP contribution is 2.30. The monoisotopic (exact) mass is 412 g/mol. The first-order valence-corrected chi connectivity index (χ1v) is 8.17. The van der Waals surface area contributed by atoms with E-state index >= 15 is 0 Å². The van der Waals surface area contributed by atoms with Crippen LogP contribution in [0.25, 0.3) is 16.9 Å². The van der Waals surface area contributed by atoms with Crippen LogP contribution in [0.3, 0.4) is 0 Å². The number of hydrogen-bond acceptors (Lipinski definition) is 7. The van der Waals surface area contributed by atoms with Gasteiger partial charge in [-0.05, 0) is 18.2 Å². The van der Waals surface area contributed by atoms with Crippen LogP contribution in [0.5, 0.6) is 0 Å². The van der Waals surface area contributed by atoms with E-state index < -0.39 is 27.0 Å². The SMILES string of the molecule is NC(N)=N/N=C/c1cn(-c2ccc([N+](=O)[O-])cc2[N+](=O)[O-])nc1-c1ccccc1F. The fourth-order valence-corrected chi connectivity index (χ4v) is 2.59. The predicted molar refractivity (Wildman–Crippen MR) is 106 cm³/mol. The molecule has 13 heteroatoms. The van der Waals surface area contributed by atoms with E-state index in [0.29, 0.717) is 0 Å². The molecule has 0 amide bonds. The largest absolute Gasteiger partial charge is 0.369 e. The average Bonchev–Trinajstić information content (AvgIpc) is 3.11. The van der Waals surface area contributed by atoms with Gasteiger partial charge >= 0.3 is 5.69 Å². The van der Waals surface area contributed by atoms with Crippen LogP contribution in [0.1, 0.15) is 5.56 Å². The quantitative estimate of drug-likeness (QED) is 0.269. The molecular formula is C17H13FN8O4. The third-order valence-electron chi connectivity index (χ3n) is 3.85. The molecule has 3 rings (SSSR count). The normalized spacial score (nSPS) is 10.8. The number of benzene rings is 2. The first-order valence-electron chi connectivity index (χ1n) is 8.17. The van der Waals surface area contributed by atoms with E-state index in [1.165, 1.54) is 36.7 Å². The van der Waals surface area contributed by atoms with Crippen LogP contribution in [0.4, 0.5) is 15.8 Å². The van der Waals surface area contributed by atoms with E-state index in [9.17, 15) is 24.6 Å². The number of rotatable bonds is 6. The molecule has 0 saturated carbocycles. The van der Waals surface area contributed by atoms with Gasteiger partial charge in [-0.2, -0.15) is 10.2 Å². The molecule has 30 heavy (non-hydrogen) atoms. The maximum Gasteiger partial charge on any atom is 0.301 e. The molecular weight excluding hydrogens is 399 g/mol. The van der Waals surface area contributed by atoms with Gasteiger partial charge in [0.1, 0.15) is 17.2 Å². The molecule has 0 fully saturated rings. The summed E-state index contributed by atoms with van der Waals surface area (Å²) < 4.78 is 15.4. The van der Waals surface area contributed by atoms with Crippen LogP contribution in [0.2, 0.25) is 0 Å². The molecule has 12 nitrogen and oxygen atoms in total. The Morgan fingerprint density at radius 2 is 1.87 bits per heavy atom. The lowest BCUT2D eigenvalue weighted by atomic mass is 10.1. The fourth-order valence-electron chi connectivity index (χ4n) is 2.59. The molecule has 4 N–H and O–H groups in total. The van der Waals surface area contributed by atoms with Crippen LogP contribution in [-0.4, -0.2) is 31.8 Å². The summed E-state index contributed by atoms with van der Waals surface area (Å²) in [6.07, 6.45) is 2.53. The molecule has 2 aromatic carbocycles. The van der Waals surface area contributed by atoms with Crippen molar-refractivity contribution in [2.24, 2.45) is 21.7 Å². The van der Waals surface area contributed by atoms with Gasteiger partial charge in [-0.15, -0.1) is 5.10 Å². The highest BCUT2D eigenvalue weighted by molar-refractivity contribution is 5.89. The number of nitrogens with zero attached hydrogens (tertiary/aromatic N) is 6. The molecule has 0 saturated heterocycles. The summed E-state index contributed by atoms with van der Waals surface area (Å²) in [5, 5.41) is 33.8. The minimum Gasteiger partial charge on any atom is -0.369 e. The van der Waals surface area contributed by atoms with Crippen LogP contribution in [0, 0.1) is 26.0 Å². The molecule has 0 aliphatic heterocycles. The molecule has 152 valence electrons. The molecule has 0 atom stereocenters. The standard InChI is InChI=1S/C17H13FN8O4/c18-13-4-2-1-3-12(13)16-10(8-21-22-17(19)20)9-24(23-16)14-6-5-11(25(27)28)7-15(14)26(29)30/h1-9H,(H4,19,20,22)/b21-8+. The smallest absolute Gasteiger partial charge is 0.301 e. The van der Waals surface area contributed by atoms with Crippen molar-refractivity contribution in [1.29, 1.82) is 0 Å². The van der Waals surface area contributed by atoms with Gasteiger partial charge in [-0.3, -0.25) is 20.2 Å². The number of nitro groups is 2.